The number of hydrogen-bond donors (Lipinski definition) is 2. The molecule has 2 heterocycles. The van der Waals surface area contributed by atoms with Crippen LogP contribution < -0.4 is 10.3 Å². The van der Waals surface area contributed by atoms with Crippen LogP contribution in [0.15, 0.2) is 28.0 Å². The zero-order chi connectivity index (χ0) is 14.6. The Labute approximate surface area is 117 Å². The molecule has 20 heavy (non-hydrogen) atoms. The summed E-state index contributed by atoms with van der Waals surface area (Å²) in [6, 6.07) is 2.33. The van der Waals surface area contributed by atoms with Gasteiger partial charge in [-0.3, -0.25) is 9.59 Å². The summed E-state index contributed by atoms with van der Waals surface area (Å²) in [5.41, 5.74) is -0.381. The highest BCUT2D eigenvalue weighted by Crippen LogP contribution is 2.09. The van der Waals surface area contributed by atoms with E-state index in [1.54, 1.807) is 4.90 Å². The van der Waals surface area contributed by atoms with Gasteiger partial charge in [0.15, 0.2) is 0 Å². The highest BCUT2D eigenvalue weighted by Gasteiger charge is 2.20. The molecule has 0 radical (unpaired) electrons. The molecule has 1 fully saturated rings. The van der Waals surface area contributed by atoms with E-state index in [0.717, 1.165) is 31.5 Å². The number of likely N-dealkylation sites (tertiary alicyclic amines) is 1. The lowest BCUT2D eigenvalue weighted by Crippen LogP contribution is -2.42. The molecule has 110 valence electrons. The van der Waals surface area contributed by atoms with E-state index in [9.17, 15) is 18.0 Å². The summed E-state index contributed by atoms with van der Waals surface area (Å²) < 4.78 is 26.1. The van der Waals surface area contributed by atoms with Crippen molar-refractivity contribution < 1.29 is 13.2 Å². The number of nitrogens with zero attached hydrogens (tertiary/aromatic N) is 1. The molecule has 1 aliphatic rings. The largest absolute Gasteiger partial charge is 0.342 e. The number of carbonyl (C=O) groups excluding carboxylic acids is 1. The summed E-state index contributed by atoms with van der Waals surface area (Å²) in [4.78, 5) is 26.6. The van der Waals surface area contributed by atoms with Crippen LogP contribution in [0.25, 0.3) is 0 Å². The number of pyridine rings is 1. The van der Waals surface area contributed by atoms with E-state index in [0.29, 0.717) is 13.1 Å². The van der Waals surface area contributed by atoms with Gasteiger partial charge in [0, 0.05) is 25.4 Å². The predicted octanol–water partition coefficient (Wildman–Crippen LogP) is -0.334. The number of sulfonamides is 1. The van der Waals surface area contributed by atoms with Gasteiger partial charge in [0.05, 0.1) is 11.4 Å². The summed E-state index contributed by atoms with van der Waals surface area (Å²) in [7, 11) is -3.78. The number of piperidine rings is 1. The van der Waals surface area contributed by atoms with Crippen molar-refractivity contribution in [1.29, 1.82) is 0 Å². The minimum Gasteiger partial charge on any atom is -0.342 e. The number of carbonyl (C=O) groups is 1. The second-order valence-corrected chi connectivity index (χ2v) is 6.42. The highest BCUT2D eigenvalue weighted by molar-refractivity contribution is 7.89. The molecule has 1 aromatic heterocycles. The topological polar surface area (TPSA) is 99.3 Å². The first-order chi connectivity index (χ1) is 9.49. The summed E-state index contributed by atoms with van der Waals surface area (Å²) in [5.74, 6) is -0.224. The summed E-state index contributed by atoms with van der Waals surface area (Å²) in [6.07, 6.45) is 4.12. The molecule has 1 aromatic rings. The minimum atomic E-state index is -3.78. The normalized spacial score (nSPS) is 16.1. The lowest BCUT2D eigenvalue weighted by molar-refractivity contribution is -0.130. The summed E-state index contributed by atoms with van der Waals surface area (Å²) >= 11 is 0. The van der Waals surface area contributed by atoms with Crippen molar-refractivity contribution in [2.24, 2.45) is 0 Å². The van der Waals surface area contributed by atoms with Gasteiger partial charge in [-0.05, 0) is 25.3 Å². The lowest BCUT2D eigenvalue weighted by atomic mass is 10.1. The van der Waals surface area contributed by atoms with Gasteiger partial charge in [-0.2, -0.15) is 0 Å². The van der Waals surface area contributed by atoms with Crippen molar-refractivity contribution in [3.05, 3.63) is 28.7 Å². The minimum absolute atomic E-state index is 0.0662. The van der Waals surface area contributed by atoms with Crippen LogP contribution in [-0.4, -0.2) is 43.8 Å². The molecule has 2 N–H and O–H groups in total. The van der Waals surface area contributed by atoms with Gasteiger partial charge in [-0.25, -0.2) is 13.1 Å². The SMILES string of the molecule is O=C(CNS(=O)(=O)c1ccc(=O)[nH]c1)N1CCCCC1. The number of nitrogens with one attached hydrogen (secondary N) is 2. The van der Waals surface area contributed by atoms with Crippen LogP contribution in [0.2, 0.25) is 0 Å². The average molecular weight is 299 g/mol. The van der Waals surface area contributed by atoms with Crippen molar-refractivity contribution >= 4 is 15.9 Å². The van der Waals surface area contributed by atoms with Gasteiger partial charge in [0.25, 0.3) is 0 Å². The van der Waals surface area contributed by atoms with Crippen LogP contribution in [0.1, 0.15) is 19.3 Å². The van der Waals surface area contributed by atoms with E-state index >= 15 is 0 Å². The molecule has 0 atom stereocenters. The Bertz CT molecular complexity index is 612. The fraction of sp³-hybridized carbons (Fsp3) is 0.500. The Kier molecular flexibility index (Phi) is 4.56. The molecular formula is C12H17N3O4S. The maximum absolute atomic E-state index is 11.9. The van der Waals surface area contributed by atoms with Gasteiger partial charge in [-0.15, -0.1) is 0 Å². The molecule has 1 amide bonds. The van der Waals surface area contributed by atoms with Gasteiger partial charge in [0.1, 0.15) is 0 Å². The Morgan fingerprint density at radius 3 is 2.55 bits per heavy atom. The number of aromatic nitrogens is 1. The van der Waals surface area contributed by atoms with E-state index in [1.165, 1.54) is 6.07 Å². The first-order valence-electron chi connectivity index (χ1n) is 6.45. The van der Waals surface area contributed by atoms with Gasteiger partial charge in [-0.1, -0.05) is 0 Å². The predicted molar refractivity (Wildman–Crippen MR) is 72.7 cm³/mol. The number of aromatic amines is 1. The summed E-state index contributed by atoms with van der Waals surface area (Å²) in [5, 5.41) is 0. The second kappa shape index (κ2) is 6.19. The van der Waals surface area contributed by atoms with E-state index in [2.05, 4.69) is 9.71 Å². The first kappa shape index (κ1) is 14.7. The molecule has 0 aromatic carbocycles. The summed E-state index contributed by atoms with van der Waals surface area (Å²) in [6.45, 7) is 1.10. The zero-order valence-corrected chi connectivity index (χ0v) is 11.8. The number of hydrogen-bond acceptors (Lipinski definition) is 4. The highest BCUT2D eigenvalue weighted by atomic mass is 32.2. The van der Waals surface area contributed by atoms with Crippen molar-refractivity contribution in [3.8, 4) is 0 Å². The fourth-order valence-electron chi connectivity index (χ4n) is 2.06. The quantitative estimate of drug-likeness (QED) is 0.795. The van der Waals surface area contributed by atoms with Gasteiger partial charge in [0.2, 0.25) is 21.5 Å². The van der Waals surface area contributed by atoms with Crippen molar-refractivity contribution in [3.63, 3.8) is 0 Å². The van der Waals surface area contributed by atoms with Crippen molar-refractivity contribution in [2.75, 3.05) is 19.6 Å². The molecule has 0 unspecified atom stereocenters. The van der Waals surface area contributed by atoms with Crippen LogP contribution in [0.3, 0.4) is 0 Å². The monoisotopic (exact) mass is 299 g/mol. The molecule has 0 saturated carbocycles. The molecule has 8 heteroatoms. The second-order valence-electron chi connectivity index (χ2n) is 4.65. The Morgan fingerprint density at radius 1 is 1.25 bits per heavy atom. The average Bonchev–Trinajstić information content (AvgIpc) is 2.46. The van der Waals surface area contributed by atoms with Gasteiger partial charge >= 0.3 is 0 Å². The lowest BCUT2D eigenvalue weighted by Gasteiger charge is -2.26. The molecule has 1 saturated heterocycles. The molecule has 2 rings (SSSR count). The van der Waals surface area contributed by atoms with E-state index in [1.807, 2.05) is 0 Å². The molecule has 1 aliphatic heterocycles. The third-order valence-corrected chi connectivity index (χ3v) is 4.59. The third-order valence-electron chi connectivity index (χ3n) is 3.19. The molecule has 0 bridgehead atoms. The number of amides is 1. The molecule has 0 aliphatic carbocycles. The van der Waals surface area contributed by atoms with Crippen LogP contribution >= 0.6 is 0 Å². The number of rotatable bonds is 4. The van der Waals surface area contributed by atoms with Crippen LogP contribution in [0, 0.1) is 0 Å². The van der Waals surface area contributed by atoms with Crippen LogP contribution in [-0.2, 0) is 14.8 Å². The Balaban J connectivity index is 1.96. The Hall–Kier alpha value is -1.67. The van der Waals surface area contributed by atoms with Crippen LogP contribution in [0.4, 0.5) is 0 Å². The van der Waals surface area contributed by atoms with E-state index in [4.69, 9.17) is 0 Å². The first-order valence-corrected chi connectivity index (χ1v) is 7.93. The standard InChI is InChI=1S/C12H17N3O4S/c16-11-5-4-10(8-13-11)20(18,19)14-9-12(17)15-6-2-1-3-7-15/h4-5,8,14H,1-3,6-7,9H2,(H,13,16). The van der Waals surface area contributed by atoms with Gasteiger partial charge < -0.3 is 9.88 Å². The zero-order valence-electron chi connectivity index (χ0n) is 11.0. The van der Waals surface area contributed by atoms with E-state index in [-0.39, 0.29) is 22.9 Å². The van der Waals surface area contributed by atoms with Crippen molar-refractivity contribution in [2.45, 2.75) is 24.2 Å². The fourth-order valence-corrected chi connectivity index (χ4v) is 3.00. The maximum Gasteiger partial charge on any atom is 0.247 e. The molecular weight excluding hydrogens is 282 g/mol. The molecule has 7 nitrogen and oxygen atoms in total. The van der Waals surface area contributed by atoms with Crippen molar-refractivity contribution in [1.82, 2.24) is 14.6 Å². The molecule has 0 spiro atoms. The maximum atomic E-state index is 11.9. The Morgan fingerprint density at radius 2 is 1.95 bits per heavy atom. The smallest absolute Gasteiger partial charge is 0.247 e. The number of H-pyrrole nitrogens is 1. The van der Waals surface area contributed by atoms with Crippen LogP contribution in [0.5, 0.6) is 0 Å². The third kappa shape index (κ3) is 3.67. The van der Waals surface area contributed by atoms with E-state index < -0.39 is 10.0 Å².